The van der Waals surface area contributed by atoms with E-state index in [-0.39, 0.29) is 79.0 Å². The fourth-order valence-electron chi connectivity index (χ4n) is 13.3. The fraction of sp³-hybridized carbons (Fsp3) is 0.459. The molecule has 0 radical (unpaired) electrons. The van der Waals surface area contributed by atoms with E-state index in [0.29, 0.717) is 47.1 Å². The molecule has 2 fully saturated rings. The Bertz CT molecular complexity index is 2880. The maximum absolute atomic E-state index is 15.4. The van der Waals surface area contributed by atoms with E-state index >= 15 is 9.59 Å². The summed E-state index contributed by atoms with van der Waals surface area (Å²) in [5.74, 6) is -1.21. The van der Waals surface area contributed by atoms with Crippen molar-refractivity contribution in [3.63, 3.8) is 0 Å². The van der Waals surface area contributed by atoms with Crippen LogP contribution >= 0.6 is 0 Å². The van der Waals surface area contributed by atoms with E-state index in [1.54, 1.807) is 19.1 Å². The molecule has 0 unspecified atom stereocenters. The molecule has 4 heterocycles. The second-order valence-corrected chi connectivity index (χ2v) is 21.1. The van der Waals surface area contributed by atoms with Crippen molar-refractivity contribution >= 4 is 22.9 Å². The first-order valence-corrected chi connectivity index (χ1v) is 26.2. The second-order valence-electron chi connectivity index (χ2n) is 21.1. The molecule has 72 heavy (non-hydrogen) atoms. The molecule has 4 aromatic carbocycles. The van der Waals surface area contributed by atoms with E-state index < -0.39 is 47.9 Å². The number of esters is 2. The highest BCUT2D eigenvalue weighted by Crippen LogP contribution is 2.57. The van der Waals surface area contributed by atoms with Gasteiger partial charge in [0.15, 0.2) is 17.8 Å². The zero-order chi connectivity index (χ0) is 49.9. The topological polar surface area (TPSA) is 162 Å². The summed E-state index contributed by atoms with van der Waals surface area (Å²) in [7, 11) is 1.51. The predicted molar refractivity (Wildman–Crippen MR) is 274 cm³/mol. The van der Waals surface area contributed by atoms with Gasteiger partial charge in [0.1, 0.15) is 11.3 Å². The quantitative estimate of drug-likeness (QED) is 0.0529. The number of carbonyl (C=O) groups is 2. The number of allylic oxidation sites excluding steroid dienone is 1. The molecule has 1 spiro atoms. The van der Waals surface area contributed by atoms with Crippen LogP contribution in [0.25, 0.3) is 11.0 Å². The van der Waals surface area contributed by atoms with Crippen LogP contribution in [0.3, 0.4) is 0 Å². The number of rotatable bonds is 10. The molecule has 378 valence electrons. The van der Waals surface area contributed by atoms with Gasteiger partial charge in [-0.25, -0.2) is 9.59 Å². The first-order valence-electron chi connectivity index (χ1n) is 26.2. The zero-order valence-corrected chi connectivity index (χ0v) is 41.6. The first kappa shape index (κ1) is 49.7. The third-order valence-electron chi connectivity index (χ3n) is 16.9. The van der Waals surface area contributed by atoms with E-state index in [0.717, 1.165) is 62.5 Å². The Balaban J connectivity index is 1.12. The molecule has 5 aromatic rings. The summed E-state index contributed by atoms with van der Waals surface area (Å²) in [6, 6.07) is 31.5. The highest BCUT2D eigenvalue weighted by atomic mass is 16.6. The lowest BCUT2D eigenvalue weighted by Crippen LogP contribution is -2.62. The van der Waals surface area contributed by atoms with Gasteiger partial charge in [0.2, 0.25) is 0 Å². The summed E-state index contributed by atoms with van der Waals surface area (Å²) in [5.41, 5.74) is 5.66. The fourth-order valence-corrected chi connectivity index (χ4v) is 13.3. The first-order chi connectivity index (χ1) is 35.1. The number of aryl methyl sites for hydroxylation is 1. The Morgan fingerprint density at radius 2 is 1.65 bits per heavy atom. The molecule has 3 aliphatic heterocycles. The number of carbonyl (C=O) groups excluding carboxylic acids is 2. The number of aliphatic hydroxyl groups excluding tert-OH is 3. The van der Waals surface area contributed by atoms with Crippen LogP contribution in [0.2, 0.25) is 0 Å². The van der Waals surface area contributed by atoms with E-state index in [2.05, 4.69) is 84.9 Å². The molecule has 3 N–H and O–H groups in total. The number of methoxy groups -OCH3 is 1. The van der Waals surface area contributed by atoms with Crippen molar-refractivity contribution in [1.29, 1.82) is 0 Å². The van der Waals surface area contributed by atoms with Crippen molar-refractivity contribution < 1.29 is 48.3 Å². The number of hydrogen-bond acceptors (Lipinski definition) is 11. The summed E-state index contributed by atoms with van der Waals surface area (Å²) in [5, 5.41) is 32.1. The minimum Gasteiger partial charge on any atom is -0.482 e. The molecule has 0 saturated heterocycles. The summed E-state index contributed by atoms with van der Waals surface area (Å²) < 4.78 is 33.0. The number of ether oxygens (including phenoxy) is 4. The number of aliphatic hydroxyl groups is 3. The van der Waals surface area contributed by atoms with Crippen LogP contribution in [-0.2, 0) is 43.2 Å². The van der Waals surface area contributed by atoms with Crippen molar-refractivity contribution in [3.8, 4) is 5.75 Å². The number of fused-ring (bicyclic) bond motifs is 13. The molecule has 1 aromatic heterocycles. The lowest BCUT2D eigenvalue weighted by atomic mass is 9.62. The van der Waals surface area contributed by atoms with Gasteiger partial charge in [-0.1, -0.05) is 104 Å². The minimum absolute atomic E-state index is 0.0621. The number of hydrogen-bond donors (Lipinski definition) is 3. The molecule has 0 amide bonds. The molecule has 6 aliphatic rings. The van der Waals surface area contributed by atoms with Gasteiger partial charge in [-0.2, -0.15) is 0 Å². The average molecular weight is 977 g/mol. The van der Waals surface area contributed by atoms with E-state index in [1.807, 2.05) is 6.07 Å². The molecule has 3 aliphatic carbocycles. The highest BCUT2D eigenvalue weighted by molar-refractivity contribution is 5.90. The number of benzene rings is 4. The maximum Gasteiger partial charge on any atom is 0.340 e. The average Bonchev–Trinajstić information content (AvgIpc) is 3.39. The van der Waals surface area contributed by atoms with Crippen LogP contribution in [-0.4, -0.2) is 65.9 Å². The SMILES string of the molecule is COC[C@@H](CCO)c1c(CO)c2ccc3c(c2oc1=O)[C@H]1OC(=O)C[C@@H]2C[C@@H](c4cccc(Cc5ccccc5)c4)CC[C@H]2c2ccc(cc2)CC/C(=C(\C)CO)C(=O)O[C@@H]1[C@@]1(CC=C[C@@H]2CCCC[C@H]21)O3. The monoisotopic (exact) mass is 976 g/mol. The third-order valence-corrected chi connectivity index (χ3v) is 16.9. The van der Waals surface area contributed by atoms with Gasteiger partial charge >= 0.3 is 17.6 Å². The molecular weight excluding hydrogens is 909 g/mol. The Morgan fingerprint density at radius 3 is 2.43 bits per heavy atom. The minimum atomic E-state index is -1.30. The zero-order valence-electron chi connectivity index (χ0n) is 41.6. The van der Waals surface area contributed by atoms with Crippen molar-refractivity contribution in [1.82, 2.24) is 0 Å². The van der Waals surface area contributed by atoms with Gasteiger partial charge in [-0.3, -0.25) is 4.79 Å². The lowest BCUT2D eigenvalue weighted by Gasteiger charge is -2.54. The molecule has 9 atom stereocenters. The summed E-state index contributed by atoms with van der Waals surface area (Å²) in [6.45, 7) is 0.730. The van der Waals surface area contributed by atoms with Crippen molar-refractivity contribution in [2.75, 3.05) is 26.9 Å². The smallest absolute Gasteiger partial charge is 0.340 e. The normalized spacial score (nSPS) is 27.4. The van der Waals surface area contributed by atoms with Gasteiger partial charge < -0.3 is 38.7 Å². The second kappa shape index (κ2) is 21.7. The van der Waals surface area contributed by atoms with E-state index in [1.165, 1.54) is 23.8 Å². The van der Waals surface area contributed by atoms with Gasteiger partial charge in [0.25, 0.3) is 0 Å². The molecule has 2 bridgehead atoms. The van der Waals surface area contributed by atoms with Crippen LogP contribution in [0.5, 0.6) is 5.75 Å². The van der Waals surface area contributed by atoms with Crippen LogP contribution in [0.4, 0.5) is 0 Å². The van der Waals surface area contributed by atoms with Gasteiger partial charge in [-0.15, -0.1) is 0 Å². The van der Waals surface area contributed by atoms with Gasteiger partial charge in [-0.05, 0) is 139 Å². The van der Waals surface area contributed by atoms with Crippen molar-refractivity contribution in [2.45, 2.75) is 133 Å². The maximum atomic E-state index is 15.4. The highest BCUT2D eigenvalue weighted by Gasteiger charge is 2.61. The Hall–Kier alpha value is -5.85. The molecule has 11 heteroatoms. The van der Waals surface area contributed by atoms with Crippen LogP contribution in [0, 0.1) is 17.8 Å². The summed E-state index contributed by atoms with van der Waals surface area (Å²) in [6.07, 6.45) is 10.4. The lowest BCUT2D eigenvalue weighted by molar-refractivity contribution is -0.208. The van der Waals surface area contributed by atoms with Crippen molar-refractivity contribution in [3.05, 3.63) is 169 Å². The van der Waals surface area contributed by atoms with Crippen molar-refractivity contribution in [2.24, 2.45) is 17.8 Å². The molecule has 11 rings (SSSR count). The van der Waals surface area contributed by atoms with Crippen LogP contribution in [0.15, 0.2) is 124 Å². The molecule has 11 nitrogen and oxygen atoms in total. The summed E-state index contributed by atoms with van der Waals surface area (Å²) in [4.78, 5) is 44.9. The van der Waals surface area contributed by atoms with Crippen LogP contribution in [0.1, 0.15) is 146 Å². The van der Waals surface area contributed by atoms with Crippen LogP contribution < -0.4 is 10.4 Å². The molecular formula is C61H68O11. The van der Waals surface area contributed by atoms with Gasteiger partial charge in [0.05, 0.1) is 25.4 Å². The van der Waals surface area contributed by atoms with E-state index in [4.69, 9.17) is 23.4 Å². The standard InChI is InChI=1S/C61H68O11/c1-37(34-63)47-23-19-38-17-20-41(21-18-38)48-24-22-44(43-14-8-12-40(31-43)30-39-10-4-3-5-11-39)32-46(48)33-53(65)69-57-55-52(72-61(58(57)71-59(47)66)28-9-15-42-13-6-7-16-51(42)61)26-25-49-50(35-64)54(60(67)70-56(49)55)45(27-29-62)36-68-2/h3-5,8-12,14-15,17-18,20-21,25-26,31,42,44-46,48,51,57-58,62-64H,6-7,13,16,19,22-24,27-30,32-36H2,1-2H3/b47-37-/t42-,44-,45+,46-,48-,51+,57+,58-,61-/m0/s1. The third kappa shape index (κ3) is 9.73. The Morgan fingerprint density at radius 1 is 0.847 bits per heavy atom. The predicted octanol–water partition coefficient (Wildman–Crippen LogP) is 10.4. The van der Waals surface area contributed by atoms with Gasteiger partial charge in [0, 0.05) is 54.9 Å². The molecule has 2 saturated carbocycles. The summed E-state index contributed by atoms with van der Waals surface area (Å²) >= 11 is 0. The Labute approximate surface area is 421 Å². The van der Waals surface area contributed by atoms with E-state index in [9.17, 15) is 20.1 Å². The largest absolute Gasteiger partial charge is 0.482 e. The Kier molecular flexibility index (Phi) is 15.0.